The van der Waals surface area contributed by atoms with Crippen LogP contribution < -0.4 is 5.32 Å². The molecule has 1 N–H and O–H groups in total. The molecule has 1 heterocycles. The van der Waals surface area contributed by atoms with Gasteiger partial charge >= 0.3 is 0 Å². The summed E-state index contributed by atoms with van der Waals surface area (Å²) in [5.74, 6) is 0. The normalized spacial score (nSPS) is 41.5. The van der Waals surface area contributed by atoms with E-state index in [0.717, 1.165) is 19.1 Å². The Morgan fingerprint density at radius 2 is 2.15 bits per heavy atom. The highest BCUT2D eigenvalue weighted by Gasteiger charge is 2.36. The van der Waals surface area contributed by atoms with Crippen LogP contribution in [0.1, 0.15) is 19.8 Å². The summed E-state index contributed by atoms with van der Waals surface area (Å²) in [4.78, 5) is 2.63. The number of methoxy groups -OCH3 is 1. The van der Waals surface area contributed by atoms with Gasteiger partial charge in [0.25, 0.3) is 0 Å². The minimum Gasteiger partial charge on any atom is -0.381 e. The Morgan fingerprint density at radius 1 is 1.38 bits per heavy atom. The van der Waals surface area contributed by atoms with Gasteiger partial charge in [-0.3, -0.25) is 4.90 Å². The number of nitrogens with one attached hydrogen (secondary N) is 1. The zero-order valence-corrected chi connectivity index (χ0v) is 8.62. The van der Waals surface area contributed by atoms with Crippen molar-refractivity contribution in [3.05, 3.63) is 0 Å². The van der Waals surface area contributed by atoms with Crippen molar-refractivity contribution >= 4 is 0 Å². The molecule has 0 radical (unpaired) electrons. The Bertz CT molecular complexity index is 168. The minimum absolute atomic E-state index is 0.534. The van der Waals surface area contributed by atoms with Gasteiger partial charge in [-0.05, 0) is 19.8 Å². The number of piperazine rings is 1. The van der Waals surface area contributed by atoms with Gasteiger partial charge < -0.3 is 10.1 Å². The molecule has 0 unspecified atom stereocenters. The van der Waals surface area contributed by atoms with Crippen molar-refractivity contribution in [1.29, 1.82) is 0 Å². The Balaban J connectivity index is 1.80. The van der Waals surface area contributed by atoms with Crippen molar-refractivity contribution in [1.82, 2.24) is 10.2 Å². The molecule has 1 aliphatic carbocycles. The molecule has 76 valence electrons. The van der Waals surface area contributed by atoms with E-state index in [0.29, 0.717) is 12.1 Å². The second kappa shape index (κ2) is 3.95. The molecule has 13 heavy (non-hydrogen) atoms. The van der Waals surface area contributed by atoms with Crippen molar-refractivity contribution in [2.75, 3.05) is 26.7 Å². The van der Waals surface area contributed by atoms with E-state index in [1.165, 1.54) is 19.4 Å². The first kappa shape index (κ1) is 9.44. The van der Waals surface area contributed by atoms with E-state index in [1.807, 2.05) is 7.11 Å². The van der Waals surface area contributed by atoms with Crippen LogP contribution in [-0.2, 0) is 4.74 Å². The molecule has 2 fully saturated rings. The van der Waals surface area contributed by atoms with Crippen LogP contribution in [0.5, 0.6) is 0 Å². The van der Waals surface area contributed by atoms with Crippen molar-refractivity contribution < 1.29 is 4.74 Å². The smallest absolute Gasteiger partial charge is 0.0601 e. The van der Waals surface area contributed by atoms with Crippen LogP contribution in [0.3, 0.4) is 0 Å². The molecule has 1 aliphatic heterocycles. The number of rotatable bonds is 2. The molecule has 1 saturated heterocycles. The fraction of sp³-hybridized carbons (Fsp3) is 1.00. The summed E-state index contributed by atoms with van der Waals surface area (Å²) in [6, 6.07) is 1.50. The molecule has 3 heteroatoms. The van der Waals surface area contributed by atoms with Crippen LogP contribution in [0.15, 0.2) is 0 Å². The predicted octanol–water partition coefficient (Wildman–Crippen LogP) is 0.457. The van der Waals surface area contributed by atoms with Gasteiger partial charge in [-0.15, -0.1) is 0 Å². The lowest BCUT2D eigenvalue weighted by Crippen LogP contribution is -2.58. The van der Waals surface area contributed by atoms with Gasteiger partial charge in [0.2, 0.25) is 0 Å². The summed E-state index contributed by atoms with van der Waals surface area (Å²) in [7, 11) is 1.82. The predicted molar refractivity (Wildman–Crippen MR) is 52.9 cm³/mol. The zero-order valence-electron chi connectivity index (χ0n) is 8.62. The maximum atomic E-state index is 5.30. The second-order valence-electron chi connectivity index (χ2n) is 4.27. The van der Waals surface area contributed by atoms with Crippen molar-refractivity contribution in [3.8, 4) is 0 Å². The molecular formula is C10H20N2O. The number of nitrogens with zero attached hydrogens (tertiary/aromatic N) is 1. The fourth-order valence-electron chi connectivity index (χ4n) is 2.40. The molecule has 3 nitrogen and oxygen atoms in total. The van der Waals surface area contributed by atoms with E-state index in [9.17, 15) is 0 Å². The molecule has 0 aromatic rings. The van der Waals surface area contributed by atoms with E-state index >= 15 is 0 Å². The molecule has 0 aromatic carbocycles. The lowest BCUT2D eigenvalue weighted by atomic mass is 9.86. The summed E-state index contributed by atoms with van der Waals surface area (Å²) in [6.45, 7) is 5.82. The Hall–Kier alpha value is -0.120. The number of hydrogen-bond donors (Lipinski definition) is 1. The molecule has 0 bridgehead atoms. The van der Waals surface area contributed by atoms with Crippen LogP contribution in [0.4, 0.5) is 0 Å². The van der Waals surface area contributed by atoms with Crippen LogP contribution in [0.2, 0.25) is 0 Å². The molecule has 1 atom stereocenters. The van der Waals surface area contributed by atoms with Gasteiger partial charge in [0.05, 0.1) is 6.10 Å². The Morgan fingerprint density at radius 3 is 2.77 bits per heavy atom. The average molecular weight is 184 g/mol. The van der Waals surface area contributed by atoms with Gasteiger partial charge in [-0.25, -0.2) is 0 Å². The van der Waals surface area contributed by atoms with Crippen LogP contribution >= 0.6 is 0 Å². The van der Waals surface area contributed by atoms with Gasteiger partial charge in [0, 0.05) is 38.8 Å². The third-order valence-corrected chi connectivity index (χ3v) is 3.42. The minimum atomic E-state index is 0.534. The third kappa shape index (κ3) is 1.87. The van der Waals surface area contributed by atoms with Gasteiger partial charge in [-0.2, -0.15) is 0 Å². The molecule has 2 rings (SSSR count). The second-order valence-corrected chi connectivity index (χ2v) is 4.27. The topological polar surface area (TPSA) is 24.5 Å². The molecular weight excluding hydrogens is 164 g/mol. The number of ether oxygens (including phenoxy) is 1. The highest BCUT2D eigenvalue weighted by Crippen LogP contribution is 2.29. The maximum Gasteiger partial charge on any atom is 0.0601 e. The van der Waals surface area contributed by atoms with E-state index in [2.05, 4.69) is 17.1 Å². The first-order valence-electron chi connectivity index (χ1n) is 5.30. The monoisotopic (exact) mass is 184 g/mol. The summed E-state index contributed by atoms with van der Waals surface area (Å²) in [5, 5.41) is 3.42. The SMILES string of the molecule is COC1CC(N2CCNC[C@@H]2C)C1. The zero-order chi connectivity index (χ0) is 9.26. The van der Waals surface area contributed by atoms with Crippen molar-refractivity contribution in [2.24, 2.45) is 0 Å². The summed E-state index contributed by atoms with van der Waals surface area (Å²) in [5.41, 5.74) is 0. The van der Waals surface area contributed by atoms with Crippen LogP contribution in [-0.4, -0.2) is 49.8 Å². The van der Waals surface area contributed by atoms with E-state index in [4.69, 9.17) is 4.74 Å². The third-order valence-electron chi connectivity index (χ3n) is 3.42. The lowest BCUT2D eigenvalue weighted by molar-refractivity contribution is -0.0434. The molecule has 0 amide bonds. The van der Waals surface area contributed by atoms with Gasteiger partial charge in [0.1, 0.15) is 0 Å². The van der Waals surface area contributed by atoms with E-state index in [1.54, 1.807) is 0 Å². The molecule has 0 aromatic heterocycles. The largest absolute Gasteiger partial charge is 0.381 e. The van der Waals surface area contributed by atoms with Gasteiger partial charge in [-0.1, -0.05) is 0 Å². The molecule has 1 saturated carbocycles. The first-order valence-corrected chi connectivity index (χ1v) is 5.30. The quantitative estimate of drug-likeness (QED) is 0.674. The average Bonchev–Trinajstić information content (AvgIpc) is 2.06. The summed E-state index contributed by atoms with van der Waals surface area (Å²) in [6.07, 6.45) is 3.01. The van der Waals surface area contributed by atoms with Gasteiger partial charge in [0.15, 0.2) is 0 Å². The van der Waals surface area contributed by atoms with Crippen LogP contribution in [0, 0.1) is 0 Å². The van der Waals surface area contributed by atoms with E-state index < -0.39 is 0 Å². The standard InChI is InChI=1S/C10H20N2O/c1-8-7-11-3-4-12(8)9-5-10(6-9)13-2/h8-11H,3-7H2,1-2H3/t8-,9?,10?/m0/s1. The Kier molecular flexibility index (Phi) is 2.86. The fourth-order valence-corrected chi connectivity index (χ4v) is 2.40. The van der Waals surface area contributed by atoms with Crippen LogP contribution in [0.25, 0.3) is 0 Å². The maximum absolute atomic E-state index is 5.30. The van der Waals surface area contributed by atoms with Crippen molar-refractivity contribution in [3.63, 3.8) is 0 Å². The first-order chi connectivity index (χ1) is 6.31. The highest BCUT2D eigenvalue weighted by atomic mass is 16.5. The lowest BCUT2D eigenvalue weighted by Gasteiger charge is -2.47. The summed E-state index contributed by atoms with van der Waals surface area (Å²) < 4.78 is 5.30. The van der Waals surface area contributed by atoms with E-state index in [-0.39, 0.29) is 0 Å². The Labute approximate surface area is 80.4 Å². The highest BCUT2D eigenvalue weighted by molar-refractivity contribution is 4.92. The summed E-state index contributed by atoms with van der Waals surface area (Å²) >= 11 is 0. The van der Waals surface area contributed by atoms with Crippen molar-refractivity contribution in [2.45, 2.75) is 38.0 Å². The number of hydrogen-bond acceptors (Lipinski definition) is 3. The molecule has 0 spiro atoms. The molecule has 2 aliphatic rings.